The fourth-order valence-electron chi connectivity index (χ4n) is 2.41. The predicted octanol–water partition coefficient (Wildman–Crippen LogP) is 3.53. The summed E-state index contributed by atoms with van der Waals surface area (Å²) in [5.74, 6) is 0.483. The molecule has 1 aromatic heterocycles. The van der Waals surface area contributed by atoms with Crippen LogP contribution in [0, 0.1) is 5.82 Å². The van der Waals surface area contributed by atoms with Crippen molar-refractivity contribution in [3.63, 3.8) is 0 Å². The predicted molar refractivity (Wildman–Crippen MR) is 102 cm³/mol. The van der Waals surface area contributed by atoms with E-state index in [1.807, 2.05) is 0 Å². The lowest BCUT2D eigenvalue weighted by Gasteiger charge is -2.08. The zero-order valence-corrected chi connectivity index (χ0v) is 14.8. The van der Waals surface area contributed by atoms with E-state index in [1.54, 1.807) is 49.6 Å². The van der Waals surface area contributed by atoms with Gasteiger partial charge in [-0.1, -0.05) is 12.1 Å². The van der Waals surface area contributed by atoms with Gasteiger partial charge in [0.15, 0.2) is 0 Å². The number of halogens is 1. The number of hydrogen-bond acceptors (Lipinski definition) is 5. The van der Waals surface area contributed by atoms with Gasteiger partial charge in [-0.25, -0.2) is 14.4 Å². The molecule has 3 aromatic rings. The number of anilines is 2. The largest absolute Gasteiger partial charge is 0.497 e. The molecule has 0 bridgehead atoms. The Hall–Kier alpha value is -3.48. The highest BCUT2D eigenvalue weighted by molar-refractivity contribution is 6.02. The zero-order chi connectivity index (χ0) is 19.1. The van der Waals surface area contributed by atoms with Crippen LogP contribution in [-0.4, -0.2) is 29.5 Å². The van der Waals surface area contributed by atoms with Gasteiger partial charge in [0.1, 0.15) is 17.3 Å². The lowest BCUT2D eigenvalue weighted by molar-refractivity contribution is 0.102. The molecule has 0 spiro atoms. The lowest BCUT2D eigenvalue weighted by atomic mass is 10.1. The molecule has 6 nitrogen and oxygen atoms in total. The maximum Gasteiger partial charge on any atom is 0.274 e. The number of nitrogens with zero attached hydrogens (tertiary/aromatic N) is 2. The second-order valence-electron chi connectivity index (χ2n) is 5.75. The van der Waals surface area contributed by atoms with Gasteiger partial charge in [-0.2, -0.15) is 0 Å². The summed E-state index contributed by atoms with van der Waals surface area (Å²) in [6, 6.07) is 14.9. The summed E-state index contributed by atoms with van der Waals surface area (Å²) in [6.45, 7) is 0.565. The van der Waals surface area contributed by atoms with Crippen LogP contribution in [-0.2, 0) is 6.42 Å². The van der Waals surface area contributed by atoms with Crippen LogP contribution < -0.4 is 15.4 Å². The smallest absolute Gasteiger partial charge is 0.274 e. The summed E-state index contributed by atoms with van der Waals surface area (Å²) >= 11 is 0. The zero-order valence-electron chi connectivity index (χ0n) is 14.8. The molecular weight excluding hydrogens is 347 g/mol. The van der Waals surface area contributed by atoms with E-state index in [1.165, 1.54) is 18.3 Å². The van der Waals surface area contributed by atoms with Gasteiger partial charge in [-0.15, -0.1) is 0 Å². The summed E-state index contributed by atoms with van der Waals surface area (Å²) in [5, 5.41) is 5.85. The molecule has 0 aliphatic rings. The summed E-state index contributed by atoms with van der Waals surface area (Å²) in [7, 11) is 1.58. The van der Waals surface area contributed by atoms with E-state index in [0.29, 0.717) is 30.4 Å². The van der Waals surface area contributed by atoms with Crippen LogP contribution in [0.25, 0.3) is 0 Å². The molecule has 0 saturated carbocycles. The van der Waals surface area contributed by atoms with Gasteiger partial charge in [0.05, 0.1) is 7.11 Å². The molecule has 0 aliphatic heterocycles. The Morgan fingerprint density at radius 2 is 1.81 bits per heavy atom. The van der Waals surface area contributed by atoms with Crippen LogP contribution in [0.15, 0.2) is 60.8 Å². The fraction of sp³-hybridized carbons (Fsp3) is 0.150. The highest BCUT2D eigenvalue weighted by atomic mass is 19.1. The Morgan fingerprint density at radius 1 is 1.07 bits per heavy atom. The number of carbonyl (C=O) groups is 1. The van der Waals surface area contributed by atoms with Crippen LogP contribution in [0.2, 0.25) is 0 Å². The summed E-state index contributed by atoms with van der Waals surface area (Å²) in [6.07, 6.45) is 2.21. The Kier molecular flexibility index (Phi) is 5.94. The number of aromatic nitrogens is 2. The summed E-state index contributed by atoms with van der Waals surface area (Å²) in [4.78, 5) is 20.7. The molecule has 1 heterocycles. The van der Waals surface area contributed by atoms with Crippen molar-refractivity contribution in [2.24, 2.45) is 0 Å². The molecule has 0 radical (unpaired) electrons. The Morgan fingerprint density at radius 3 is 2.52 bits per heavy atom. The fourth-order valence-corrected chi connectivity index (χ4v) is 2.41. The van der Waals surface area contributed by atoms with Gasteiger partial charge in [0.25, 0.3) is 5.91 Å². The van der Waals surface area contributed by atoms with E-state index in [9.17, 15) is 9.18 Å². The number of nitrogens with one attached hydrogen (secondary N) is 2. The van der Waals surface area contributed by atoms with Gasteiger partial charge in [-0.3, -0.25) is 4.79 Å². The van der Waals surface area contributed by atoms with Crippen LogP contribution >= 0.6 is 0 Å². The van der Waals surface area contributed by atoms with Crippen molar-refractivity contribution in [1.29, 1.82) is 0 Å². The highest BCUT2D eigenvalue weighted by Crippen LogP contribution is 2.15. The molecule has 1 amide bonds. The topological polar surface area (TPSA) is 76.1 Å². The number of rotatable bonds is 7. The van der Waals surface area contributed by atoms with Crippen molar-refractivity contribution >= 4 is 17.5 Å². The van der Waals surface area contributed by atoms with E-state index >= 15 is 0 Å². The van der Waals surface area contributed by atoms with Gasteiger partial charge < -0.3 is 15.4 Å². The number of hydrogen-bond donors (Lipinski definition) is 2. The van der Waals surface area contributed by atoms with E-state index < -0.39 is 0 Å². The van der Waals surface area contributed by atoms with Crippen molar-refractivity contribution in [3.8, 4) is 5.75 Å². The van der Waals surface area contributed by atoms with E-state index in [2.05, 4.69) is 20.6 Å². The first kappa shape index (κ1) is 18.3. The van der Waals surface area contributed by atoms with Crippen LogP contribution in [0.3, 0.4) is 0 Å². The Labute approximate surface area is 156 Å². The van der Waals surface area contributed by atoms with Crippen molar-refractivity contribution in [1.82, 2.24) is 9.97 Å². The molecule has 0 aliphatic carbocycles. The normalized spacial score (nSPS) is 10.3. The minimum absolute atomic E-state index is 0.255. The summed E-state index contributed by atoms with van der Waals surface area (Å²) < 4.78 is 18.0. The highest BCUT2D eigenvalue weighted by Gasteiger charge is 2.09. The number of methoxy groups -OCH3 is 1. The van der Waals surface area contributed by atoms with Gasteiger partial charge in [-0.05, 0) is 54.4 Å². The third-order valence-electron chi connectivity index (χ3n) is 3.85. The Bertz CT molecular complexity index is 899. The van der Waals surface area contributed by atoms with Gasteiger partial charge >= 0.3 is 0 Å². The molecule has 27 heavy (non-hydrogen) atoms. The SMILES string of the molecule is COc1ccc(NC(=O)c2ccnc(NCCc3ccc(F)cc3)n2)cc1. The molecule has 0 unspecified atom stereocenters. The van der Waals surface area contributed by atoms with Crippen LogP contribution in [0.4, 0.5) is 16.0 Å². The van der Waals surface area contributed by atoms with Crippen LogP contribution in [0.1, 0.15) is 16.1 Å². The van der Waals surface area contributed by atoms with E-state index in [-0.39, 0.29) is 17.4 Å². The van der Waals surface area contributed by atoms with Gasteiger partial charge in [0.2, 0.25) is 5.95 Å². The quantitative estimate of drug-likeness (QED) is 0.669. The first-order valence-electron chi connectivity index (χ1n) is 8.41. The molecule has 0 saturated heterocycles. The summed E-state index contributed by atoms with van der Waals surface area (Å²) in [5.41, 5.74) is 1.90. The first-order valence-corrected chi connectivity index (χ1v) is 8.41. The lowest BCUT2D eigenvalue weighted by Crippen LogP contribution is -2.16. The third kappa shape index (κ3) is 5.24. The van der Waals surface area contributed by atoms with Crippen molar-refractivity contribution in [2.45, 2.75) is 6.42 Å². The molecule has 138 valence electrons. The minimum atomic E-state index is -0.329. The number of carbonyl (C=O) groups excluding carboxylic acids is 1. The molecule has 3 rings (SSSR count). The van der Waals surface area contributed by atoms with Gasteiger partial charge in [0, 0.05) is 18.4 Å². The van der Waals surface area contributed by atoms with Crippen LogP contribution in [0.5, 0.6) is 5.75 Å². The minimum Gasteiger partial charge on any atom is -0.497 e. The maximum atomic E-state index is 12.9. The number of ether oxygens (including phenoxy) is 1. The molecule has 0 atom stereocenters. The van der Waals surface area contributed by atoms with Crippen molar-refractivity contribution in [2.75, 3.05) is 24.3 Å². The number of amides is 1. The molecule has 2 N–H and O–H groups in total. The van der Waals surface area contributed by atoms with Crippen molar-refractivity contribution < 1.29 is 13.9 Å². The van der Waals surface area contributed by atoms with E-state index in [0.717, 1.165) is 5.56 Å². The Balaban J connectivity index is 1.57. The molecule has 7 heteroatoms. The molecule has 0 fully saturated rings. The monoisotopic (exact) mass is 366 g/mol. The average Bonchev–Trinajstić information content (AvgIpc) is 2.70. The number of benzene rings is 2. The van der Waals surface area contributed by atoms with E-state index in [4.69, 9.17) is 4.74 Å². The average molecular weight is 366 g/mol. The molecule has 2 aromatic carbocycles. The maximum absolute atomic E-state index is 12.9. The second kappa shape index (κ2) is 8.75. The third-order valence-corrected chi connectivity index (χ3v) is 3.85. The second-order valence-corrected chi connectivity index (χ2v) is 5.75. The van der Waals surface area contributed by atoms with Crippen molar-refractivity contribution in [3.05, 3.63) is 77.9 Å². The standard InChI is InChI=1S/C20H19FN4O2/c1-27-17-8-6-16(7-9-17)24-19(26)18-11-13-23-20(25-18)22-12-10-14-2-4-15(21)5-3-14/h2-9,11,13H,10,12H2,1H3,(H,24,26)(H,22,23,25). The first-order chi connectivity index (χ1) is 13.1. The molecular formula is C20H19FN4O2.